The molecule has 0 saturated carbocycles. The van der Waals surface area contributed by atoms with Crippen molar-refractivity contribution in [2.24, 2.45) is 0 Å². The fraction of sp³-hybridized carbons (Fsp3) is 0.167. The molecule has 4 heteroatoms. The lowest BCUT2D eigenvalue weighted by Crippen LogP contribution is -2.03. The average Bonchev–Trinajstić information content (AvgIpc) is 2.76. The molecule has 0 spiro atoms. The van der Waals surface area contributed by atoms with Gasteiger partial charge in [0, 0.05) is 17.5 Å². The second-order valence-corrected chi connectivity index (χ2v) is 3.87. The van der Waals surface area contributed by atoms with Crippen molar-refractivity contribution in [2.45, 2.75) is 12.8 Å². The number of carboxylic acid groups (broad SMARTS) is 1. The third kappa shape index (κ3) is 0.984. The highest BCUT2D eigenvalue weighted by Gasteiger charge is 2.29. The Hall–Kier alpha value is -2.10. The number of aromatic nitrogens is 1. The molecule has 1 aromatic heterocycles. The van der Waals surface area contributed by atoms with Crippen LogP contribution in [0.25, 0.3) is 10.9 Å². The first kappa shape index (κ1) is 9.15. The number of carboxylic acids is 1. The Morgan fingerprint density at radius 1 is 1.25 bits per heavy atom. The molecule has 0 saturated heterocycles. The number of para-hydroxylation sites is 1. The number of nitrogens with zero attached hydrogens (tertiary/aromatic N) is 1. The summed E-state index contributed by atoms with van der Waals surface area (Å²) in [5.41, 5.74) is 1.62. The molecule has 0 radical (unpaired) electrons. The van der Waals surface area contributed by atoms with Crippen LogP contribution in [-0.2, 0) is 6.42 Å². The molecule has 16 heavy (non-hydrogen) atoms. The van der Waals surface area contributed by atoms with Gasteiger partial charge in [-0.15, -0.1) is 0 Å². The van der Waals surface area contributed by atoms with E-state index in [2.05, 4.69) is 0 Å². The zero-order chi connectivity index (χ0) is 11.3. The third-order valence-corrected chi connectivity index (χ3v) is 3.01. The van der Waals surface area contributed by atoms with Crippen molar-refractivity contribution in [3.8, 4) is 0 Å². The molecule has 0 unspecified atom stereocenters. The monoisotopic (exact) mass is 215 g/mol. The maximum atomic E-state index is 11.7. The first-order valence-corrected chi connectivity index (χ1v) is 5.09. The number of rotatable bonds is 1. The van der Waals surface area contributed by atoms with Crippen molar-refractivity contribution in [1.29, 1.82) is 0 Å². The van der Waals surface area contributed by atoms with Gasteiger partial charge < -0.3 is 5.11 Å². The molecular weight excluding hydrogens is 206 g/mol. The molecule has 1 aliphatic heterocycles. The van der Waals surface area contributed by atoms with Crippen molar-refractivity contribution in [3.63, 3.8) is 0 Å². The summed E-state index contributed by atoms with van der Waals surface area (Å²) >= 11 is 0. The van der Waals surface area contributed by atoms with Crippen LogP contribution in [0.5, 0.6) is 0 Å². The number of carbonyl (C=O) groups excluding carboxylic acids is 1. The van der Waals surface area contributed by atoms with Gasteiger partial charge in [0.25, 0.3) is 0 Å². The average molecular weight is 215 g/mol. The SMILES string of the molecule is O=C(O)c1c2n(c3ccccc13)C(=O)CC2. The second-order valence-electron chi connectivity index (χ2n) is 3.87. The highest BCUT2D eigenvalue weighted by atomic mass is 16.4. The minimum atomic E-state index is -0.959. The minimum absolute atomic E-state index is 0.0151. The summed E-state index contributed by atoms with van der Waals surface area (Å²) in [5.74, 6) is -0.974. The fourth-order valence-electron chi connectivity index (χ4n) is 2.39. The van der Waals surface area contributed by atoms with E-state index in [4.69, 9.17) is 0 Å². The molecule has 0 aliphatic carbocycles. The molecule has 0 amide bonds. The Bertz CT molecular complexity index is 609. The van der Waals surface area contributed by atoms with Crippen LogP contribution in [-0.4, -0.2) is 21.6 Å². The number of hydrogen-bond acceptors (Lipinski definition) is 2. The van der Waals surface area contributed by atoms with Crippen LogP contribution in [0, 0.1) is 0 Å². The Morgan fingerprint density at radius 3 is 2.75 bits per heavy atom. The van der Waals surface area contributed by atoms with E-state index in [9.17, 15) is 14.7 Å². The van der Waals surface area contributed by atoms with Crippen LogP contribution in [0.2, 0.25) is 0 Å². The van der Waals surface area contributed by atoms with Crippen molar-refractivity contribution in [2.75, 3.05) is 0 Å². The lowest BCUT2D eigenvalue weighted by atomic mass is 10.1. The van der Waals surface area contributed by atoms with E-state index in [1.165, 1.54) is 0 Å². The Kier molecular flexibility index (Phi) is 1.68. The number of fused-ring (bicyclic) bond motifs is 3. The quantitative estimate of drug-likeness (QED) is 0.790. The first-order valence-electron chi connectivity index (χ1n) is 5.09. The van der Waals surface area contributed by atoms with E-state index in [1.807, 2.05) is 6.07 Å². The van der Waals surface area contributed by atoms with Crippen LogP contribution in [0.15, 0.2) is 24.3 Å². The van der Waals surface area contributed by atoms with Crippen LogP contribution in [0.4, 0.5) is 0 Å². The van der Waals surface area contributed by atoms with E-state index < -0.39 is 5.97 Å². The smallest absolute Gasteiger partial charge is 0.338 e. The molecule has 0 atom stereocenters. The highest BCUT2D eigenvalue weighted by Crippen LogP contribution is 2.31. The standard InChI is InChI=1S/C12H9NO3/c14-10-6-5-9-11(12(15)16)7-3-1-2-4-8(7)13(9)10/h1-4H,5-6H2,(H,15,16). The summed E-state index contributed by atoms with van der Waals surface area (Å²) in [6.45, 7) is 0. The Labute approximate surface area is 91.1 Å². The molecule has 4 nitrogen and oxygen atoms in total. The van der Waals surface area contributed by atoms with Gasteiger partial charge in [-0.1, -0.05) is 18.2 Å². The molecular formula is C12H9NO3. The minimum Gasteiger partial charge on any atom is -0.478 e. The maximum Gasteiger partial charge on any atom is 0.338 e. The van der Waals surface area contributed by atoms with Gasteiger partial charge >= 0.3 is 5.97 Å². The lowest BCUT2D eigenvalue weighted by molar-refractivity contribution is 0.0698. The summed E-state index contributed by atoms with van der Waals surface area (Å²) in [5, 5.41) is 9.85. The summed E-state index contributed by atoms with van der Waals surface area (Å²) < 4.78 is 1.54. The highest BCUT2D eigenvalue weighted by molar-refractivity contribution is 6.09. The topological polar surface area (TPSA) is 59.3 Å². The second kappa shape index (κ2) is 2.95. The van der Waals surface area contributed by atoms with Crippen molar-refractivity contribution < 1.29 is 14.7 Å². The van der Waals surface area contributed by atoms with Crippen LogP contribution in [0.3, 0.4) is 0 Å². The number of benzene rings is 1. The first-order chi connectivity index (χ1) is 7.70. The van der Waals surface area contributed by atoms with E-state index in [1.54, 1.807) is 22.8 Å². The lowest BCUT2D eigenvalue weighted by Gasteiger charge is -1.96. The van der Waals surface area contributed by atoms with Gasteiger partial charge in [-0.3, -0.25) is 9.36 Å². The summed E-state index contributed by atoms with van der Waals surface area (Å²) in [6.07, 6.45) is 0.926. The number of hydrogen-bond donors (Lipinski definition) is 1. The third-order valence-electron chi connectivity index (χ3n) is 3.01. The molecule has 1 aliphatic rings. The normalized spacial score (nSPS) is 14.4. The zero-order valence-electron chi connectivity index (χ0n) is 8.43. The summed E-state index contributed by atoms with van der Waals surface area (Å²) in [6, 6.07) is 7.13. The predicted molar refractivity (Wildman–Crippen MR) is 57.8 cm³/mol. The zero-order valence-corrected chi connectivity index (χ0v) is 8.43. The summed E-state index contributed by atoms with van der Waals surface area (Å²) in [4.78, 5) is 22.9. The molecule has 0 fully saturated rings. The van der Waals surface area contributed by atoms with E-state index >= 15 is 0 Å². The molecule has 80 valence electrons. The molecule has 2 aromatic rings. The van der Waals surface area contributed by atoms with Gasteiger partial charge in [0.1, 0.15) is 0 Å². The van der Waals surface area contributed by atoms with Gasteiger partial charge in [0.05, 0.1) is 11.1 Å². The largest absolute Gasteiger partial charge is 0.478 e. The molecule has 3 rings (SSSR count). The summed E-state index contributed by atoms with van der Waals surface area (Å²) in [7, 11) is 0. The van der Waals surface area contributed by atoms with Gasteiger partial charge in [-0.2, -0.15) is 0 Å². The van der Waals surface area contributed by atoms with Crippen LogP contribution < -0.4 is 0 Å². The van der Waals surface area contributed by atoms with Crippen molar-refractivity contribution in [1.82, 2.24) is 4.57 Å². The fourth-order valence-corrected chi connectivity index (χ4v) is 2.39. The molecule has 0 bridgehead atoms. The Morgan fingerprint density at radius 2 is 2.00 bits per heavy atom. The molecule has 2 heterocycles. The van der Waals surface area contributed by atoms with Crippen LogP contribution in [0.1, 0.15) is 27.3 Å². The van der Waals surface area contributed by atoms with Gasteiger partial charge in [-0.05, 0) is 12.5 Å². The molecule has 1 N–H and O–H groups in total. The molecule has 1 aromatic carbocycles. The number of carbonyl (C=O) groups is 2. The van der Waals surface area contributed by atoms with E-state index in [-0.39, 0.29) is 11.5 Å². The van der Waals surface area contributed by atoms with Crippen molar-refractivity contribution >= 4 is 22.8 Å². The van der Waals surface area contributed by atoms with E-state index in [0.29, 0.717) is 29.4 Å². The van der Waals surface area contributed by atoms with Gasteiger partial charge in [0.2, 0.25) is 5.91 Å². The Balaban J connectivity index is 2.50. The van der Waals surface area contributed by atoms with Gasteiger partial charge in [-0.25, -0.2) is 4.79 Å². The van der Waals surface area contributed by atoms with Crippen LogP contribution >= 0.6 is 0 Å². The number of aromatic carboxylic acids is 1. The predicted octanol–water partition coefficient (Wildman–Crippen LogP) is 1.93. The van der Waals surface area contributed by atoms with Crippen molar-refractivity contribution in [3.05, 3.63) is 35.5 Å². The van der Waals surface area contributed by atoms with Gasteiger partial charge in [0.15, 0.2) is 0 Å². The maximum absolute atomic E-state index is 11.7. The van der Waals surface area contributed by atoms with E-state index in [0.717, 1.165) is 0 Å².